The highest BCUT2D eigenvalue weighted by Gasteiger charge is 2.12. The van der Waals surface area contributed by atoms with E-state index in [0.29, 0.717) is 22.9 Å². The van der Waals surface area contributed by atoms with Crippen LogP contribution in [0.15, 0.2) is 53.5 Å². The third-order valence-electron chi connectivity index (χ3n) is 2.61. The molecule has 0 atom stereocenters. The molecule has 0 fully saturated rings. The molecule has 0 radical (unpaired) electrons. The molecule has 0 amide bonds. The van der Waals surface area contributed by atoms with Gasteiger partial charge in [-0.2, -0.15) is 0 Å². The van der Waals surface area contributed by atoms with Crippen molar-refractivity contribution < 1.29 is 9.53 Å². The third-order valence-corrected chi connectivity index (χ3v) is 2.84. The van der Waals surface area contributed by atoms with Crippen molar-refractivity contribution in [1.82, 2.24) is 0 Å². The largest absolute Gasteiger partial charge is 0.462 e. The molecule has 0 spiro atoms. The monoisotopic (exact) mass is 287 g/mol. The Balaban J connectivity index is 2.32. The molecule has 2 aromatic carbocycles. The summed E-state index contributed by atoms with van der Waals surface area (Å²) in [7, 11) is 0. The van der Waals surface area contributed by atoms with Crippen LogP contribution in [0.1, 0.15) is 22.8 Å². The lowest BCUT2D eigenvalue weighted by molar-refractivity contribution is 0.0527. The van der Waals surface area contributed by atoms with Gasteiger partial charge in [-0.05, 0) is 30.7 Å². The smallest absolute Gasteiger partial charge is 0.340 e. The standard InChI is InChI=1S/C16H14ClNO2/c1-2-20-16(19)14-9-8-13(17)10-15(14)18-11-12-6-4-3-5-7-12/h3-11H,2H2,1H3. The maximum absolute atomic E-state index is 11.8. The van der Waals surface area contributed by atoms with Crippen molar-refractivity contribution in [1.29, 1.82) is 0 Å². The quantitative estimate of drug-likeness (QED) is 0.622. The Morgan fingerprint density at radius 2 is 2.00 bits per heavy atom. The molecule has 0 N–H and O–H groups in total. The Morgan fingerprint density at radius 3 is 2.70 bits per heavy atom. The number of carbonyl (C=O) groups is 1. The SMILES string of the molecule is CCOC(=O)c1ccc(Cl)cc1N=Cc1ccccc1. The molecule has 0 bridgehead atoms. The minimum Gasteiger partial charge on any atom is -0.462 e. The molecular weight excluding hydrogens is 274 g/mol. The van der Waals surface area contributed by atoms with Gasteiger partial charge in [0, 0.05) is 11.2 Å². The number of hydrogen-bond acceptors (Lipinski definition) is 3. The highest BCUT2D eigenvalue weighted by Crippen LogP contribution is 2.24. The number of aliphatic imine (C=N–C) groups is 1. The fraction of sp³-hybridized carbons (Fsp3) is 0.125. The molecular formula is C16H14ClNO2. The normalized spacial score (nSPS) is 10.7. The maximum atomic E-state index is 11.8. The van der Waals surface area contributed by atoms with E-state index in [1.54, 1.807) is 31.3 Å². The van der Waals surface area contributed by atoms with Gasteiger partial charge in [0.05, 0.1) is 17.9 Å². The minimum absolute atomic E-state index is 0.323. The fourth-order valence-corrected chi connectivity index (χ4v) is 1.84. The molecule has 0 aromatic heterocycles. The first-order valence-electron chi connectivity index (χ1n) is 6.26. The highest BCUT2D eigenvalue weighted by molar-refractivity contribution is 6.31. The van der Waals surface area contributed by atoms with Crippen molar-refractivity contribution in [2.75, 3.05) is 6.61 Å². The van der Waals surface area contributed by atoms with Gasteiger partial charge < -0.3 is 4.74 Å². The second kappa shape index (κ2) is 6.87. The number of benzene rings is 2. The van der Waals surface area contributed by atoms with E-state index in [9.17, 15) is 4.79 Å². The predicted molar refractivity (Wildman–Crippen MR) is 81.1 cm³/mol. The van der Waals surface area contributed by atoms with Crippen molar-refractivity contribution in [2.24, 2.45) is 4.99 Å². The molecule has 0 saturated heterocycles. The number of halogens is 1. The molecule has 20 heavy (non-hydrogen) atoms. The summed E-state index contributed by atoms with van der Waals surface area (Å²) >= 11 is 5.95. The van der Waals surface area contributed by atoms with Crippen molar-refractivity contribution >= 4 is 29.5 Å². The molecule has 0 heterocycles. The van der Waals surface area contributed by atoms with E-state index in [4.69, 9.17) is 16.3 Å². The van der Waals surface area contributed by atoms with Gasteiger partial charge in [-0.15, -0.1) is 0 Å². The average Bonchev–Trinajstić information content (AvgIpc) is 2.46. The Kier molecular flexibility index (Phi) is 4.91. The molecule has 102 valence electrons. The van der Waals surface area contributed by atoms with E-state index in [2.05, 4.69) is 4.99 Å². The number of ether oxygens (including phenoxy) is 1. The van der Waals surface area contributed by atoms with Crippen LogP contribution < -0.4 is 0 Å². The summed E-state index contributed by atoms with van der Waals surface area (Å²) in [5.74, 6) is -0.399. The van der Waals surface area contributed by atoms with Gasteiger partial charge in [0.1, 0.15) is 0 Å². The topological polar surface area (TPSA) is 38.7 Å². The summed E-state index contributed by atoms with van der Waals surface area (Å²) in [5, 5.41) is 0.526. The van der Waals surface area contributed by atoms with E-state index < -0.39 is 5.97 Å². The van der Waals surface area contributed by atoms with Crippen LogP contribution >= 0.6 is 11.6 Å². The van der Waals surface area contributed by atoms with Gasteiger partial charge >= 0.3 is 5.97 Å². The number of esters is 1. The summed E-state index contributed by atoms with van der Waals surface area (Å²) in [6.45, 7) is 2.09. The maximum Gasteiger partial charge on any atom is 0.340 e. The molecule has 4 heteroatoms. The molecule has 0 unspecified atom stereocenters. The van der Waals surface area contributed by atoms with Crippen LogP contribution in [0.2, 0.25) is 5.02 Å². The lowest BCUT2D eigenvalue weighted by atomic mass is 10.2. The number of rotatable bonds is 4. The van der Waals surface area contributed by atoms with E-state index in [-0.39, 0.29) is 0 Å². The molecule has 0 aliphatic carbocycles. The summed E-state index contributed by atoms with van der Waals surface area (Å²) in [4.78, 5) is 16.2. The molecule has 3 nitrogen and oxygen atoms in total. The average molecular weight is 288 g/mol. The van der Waals surface area contributed by atoms with Crippen LogP contribution in [-0.4, -0.2) is 18.8 Å². The van der Waals surface area contributed by atoms with Crippen LogP contribution in [0.5, 0.6) is 0 Å². The Labute approximate surface area is 122 Å². The van der Waals surface area contributed by atoms with Crippen LogP contribution in [0.25, 0.3) is 0 Å². The second-order valence-corrected chi connectivity index (χ2v) is 4.49. The van der Waals surface area contributed by atoms with Crippen LogP contribution in [0.3, 0.4) is 0 Å². The zero-order chi connectivity index (χ0) is 14.4. The van der Waals surface area contributed by atoms with Gasteiger partial charge in [-0.3, -0.25) is 4.99 Å². The number of hydrogen-bond donors (Lipinski definition) is 0. The van der Waals surface area contributed by atoms with E-state index in [0.717, 1.165) is 5.56 Å². The van der Waals surface area contributed by atoms with Crippen LogP contribution in [-0.2, 0) is 4.74 Å². The summed E-state index contributed by atoms with van der Waals surface area (Å²) in [6.07, 6.45) is 1.69. The number of carbonyl (C=O) groups excluding carboxylic acids is 1. The predicted octanol–water partition coefficient (Wildman–Crippen LogP) is 4.27. The Hall–Kier alpha value is -2.13. The Bertz CT molecular complexity index is 624. The van der Waals surface area contributed by atoms with Crippen LogP contribution in [0, 0.1) is 0 Å². The second-order valence-electron chi connectivity index (χ2n) is 4.05. The van der Waals surface area contributed by atoms with E-state index in [1.807, 2.05) is 30.3 Å². The molecule has 2 aromatic rings. The first kappa shape index (κ1) is 14.3. The first-order valence-corrected chi connectivity index (χ1v) is 6.64. The van der Waals surface area contributed by atoms with Crippen molar-refractivity contribution in [2.45, 2.75) is 6.92 Å². The third kappa shape index (κ3) is 3.68. The summed E-state index contributed by atoms with van der Waals surface area (Å²) in [5.41, 5.74) is 1.85. The zero-order valence-electron chi connectivity index (χ0n) is 11.0. The van der Waals surface area contributed by atoms with Gasteiger partial charge in [-0.1, -0.05) is 41.9 Å². The van der Waals surface area contributed by atoms with Crippen molar-refractivity contribution in [3.8, 4) is 0 Å². The molecule has 0 aliphatic heterocycles. The lowest BCUT2D eigenvalue weighted by Gasteiger charge is -2.05. The zero-order valence-corrected chi connectivity index (χ0v) is 11.8. The minimum atomic E-state index is -0.399. The van der Waals surface area contributed by atoms with E-state index >= 15 is 0 Å². The molecule has 2 rings (SSSR count). The molecule has 0 aliphatic rings. The number of nitrogens with zero attached hydrogens (tertiary/aromatic N) is 1. The van der Waals surface area contributed by atoms with Gasteiger partial charge in [-0.25, -0.2) is 4.79 Å². The fourth-order valence-electron chi connectivity index (χ4n) is 1.68. The Morgan fingerprint density at radius 1 is 1.25 bits per heavy atom. The van der Waals surface area contributed by atoms with Gasteiger partial charge in [0.25, 0.3) is 0 Å². The summed E-state index contributed by atoms with van der Waals surface area (Å²) in [6, 6.07) is 14.6. The van der Waals surface area contributed by atoms with Gasteiger partial charge in [0.2, 0.25) is 0 Å². The molecule has 0 saturated carbocycles. The van der Waals surface area contributed by atoms with Gasteiger partial charge in [0.15, 0.2) is 0 Å². The van der Waals surface area contributed by atoms with Crippen molar-refractivity contribution in [3.05, 3.63) is 64.7 Å². The first-order chi connectivity index (χ1) is 9.70. The highest BCUT2D eigenvalue weighted by atomic mass is 35.5. The lowest BCUT2D eigenvalue weighted by Crippen LogP contribution is -2.04. The van der Waals surface area contributed by atoms with Crippen molar-refractivity contribution in [3.63, 3.8) is 0 Å². The summed E-state index contributed by atoms with van der Waals surface area (Å²) < 4.78 is 5.00. The van der Waals surface area contributed by atoms with Crippen LogP contribution in [0.4, 0.5) is 5.69 Å². The van der Waals surface area contributed by atoms with E-state index in [1.165, 1.54) is 0 Å².